The maximum absolute atomic E-state index is 14.0. The minimum atomic E-state index is -5.07. The van der Waals surface area contributed by atoms with Crippen LogP contribution in [-0.4, -0.2) is 70.8 Å². The van der Waals surface area contributed by atoms with Gasteiger partial charge in [-0.1, -0.05) is 6.07 Å². The summed E-state index contributed by atoms with van der Waals surface area (Å²) in [7, 11) is 1.26. The molecule has 2 aromatic rings. The summed E-state index contributed by atoms with van der Waals surface area (Å²) in [5.74, 6) is -4.18. The molecule has 0 aromatic heterocycles. The van der Waals surface area contributed by atoms with Crippen LogP contribution in [0.2, 0.25) is 0 Å². The fourth-order valence-corrected chi connectivity index (χ4v) is 5.84. The molecule has 2 aromatic carbocycles. The lowest BCUT2D eigenvalue weighted by atomic mass is 9.78. The lowest BCUT2D eigenvalue weighted by molar-refractivity contribution is -0.144. The third-order valence-corrected chi connectivity index (χ3v) is 8.55. The van der Waals surface area contributed by atoms with E-state index >= 15 is 0 Å². The number of hydrogen-bond acceptors (Lipinski definition) is 5. The number of piperidine rings is 1. The minimum absolute atomic E-state index is 0.00844. The molecule has 0 radical (unpaired) electrons. The molecule has 0 saturated carbocycles. The fourth-order valence-electron chi connectivity index (χ4n) is 5.84. The van der Waals surface area contributed by atoms with Crippen LogP contribution < -0.4 is 0 Å². The number of imide groups is 1. The molecule has 0 spiro atoms. The Hall–Kier alpha value is -4.17. The van der Waals surface area contributed by atoms with Crippen molar-refractivity contribution in [1.29, 1.82) is 0 Å². The van der Waals surface area contributed by atoms with Gasteiger partial charge in [0.15, 0.2) is 5.60 Å². The molecule has 0 N–H and O–H groups in total. The molecule has 8 nitrogen and oxygen atoms in total. The van der Waals surface area contributed by atoms with E-state index < -0.39 is 83.1 Å². The molecule has 2 heterocycles. The number of ether oxygens (including phenoxy) is 1. The number of likely N-dealkylation sites (tertiary alicyclic amines) is 1. The van der Waals surface area contributed by atoms with Gasteiger partial charge in [-0.3, -0.25) is 14.4 Å². The van der Waals surface area contributed by atoms with Gasteiger partial charge in [0.1, 0.15) is 12.4 Å². The van der Waals surface area contributed by atoms with Gasteiger partial charge in [-0.2, -0.15) is 26.3 Å². The van der Waals surface area contributed by atoms with E-state index in [0.29, 0.717) is 28.2 Å². The average Bonchev–Trinajstić information content (AvgIpc) is 3.15. The Bertz CT molecular complexity index is 1520. The Morgan fingerprint density at radius 2 is 1.61 bits per heavy atom. The number of hydrogen-bond donors (Lipinski definition) is 0. The second-order valence-corrected chi connectivity index (χ2v) is 12.1. The number of carbonyl (C=O) groups is 4. The Morgan fingerprint density at radius 1 is 1.02 bits per heavy atom. The predicted octanol–water partition coefficient (Wildman–Crippen LogP) is 6.08. The summed E-state index contributed by atoms with van der Waals surface area (Å²) in [6.07, 6.45) is -11.1. The summed E-state index contributed by atoms with van der Waals surface area (Å²) in [6, 6.07) is 3.76. The third-order valence-electron chi connectivity index (χ3n) is 8.55. The standard InChI is InChI=1S/C31H32F7N3O5/c1-16-10-21(32)6-7-22(16)24-14-40(25(42)15-41-27(44)29(3,4)46-28(41)45)9-8-23(24)26(43)39(5)17(2)18-11-19(30(33,34)35)13-20(12-18)31(36,37)38/h6-7,10-13,17,23-24H,8-9,14-15H2,1-5H3/t17-,23?,24?/m0/s1. The largest absolute Gasteiger partial charge is 0.433 e. The van der Waals surface area contributed by atoms with Crippen molar-refractivity contribution in [2.75, 3.05) is 26.7 Å². The number of benzene rings is 2. The van der Waals surface area contributed by atoms with E-state index in [2.05, 4.69) is 0 Å². The van der Waals surface area contributed by atoms with Crippen LogP contribution in [0.15, 0.2) is 36.4 Å². The lowest BCUT2D eigenvalue weighted by Gasteiger charge is -2.41. The monoisotopic (exact) mass is 659 g/mol. The molecule has 3 atom stereocenters. The van der Waals surface area contributed by atoms with Crippen LogP contribution in [0.5, 0.6) is 0 Å². The summed E-state index contributed by atoms with van der Waals surface area (Å²) in [6.45, 7) is 4.91. The quantitative estimate of drug-likeness (QED) is 0.351. The van der Waals surface area contributed by atoms with E-state index in [4.69, 9.17) is 4.74 Å². The molecule has 2 unspecified atom stereocenters. The van der Waals surface area contributed by atoms with E-state index in [9.17, 15) is 49.9 Å². The van der Waals surface area contributed by atoms with E-state index in [1.807, 2.05) is 0 Å². The van der Waals surface area contributed by atoms with Crippen LogP contribution in [-0.2, 0) is 31.5 Å². The predicted molar refractivity (Wildman–Crippen MR) is 148 cm³/mol. The molecular formula is C31H32F7N3O5. The summed E-state index contributed by atoms with van der Waals surface area (Å²) in [5, 5.41) is 0. The van der Waals surface area contributed by atoms with Crippen molar-refractivity contribution >= 4 is 23.8 Å². The van der Waals surface area contributed by atoms with Gasteiger partial charge in [0.2, 0.25) is 11.8 Å². The molecule has 46 heavy (non-hydrogen) atoms. The van der Waals surface area contributed by atoms with Crippen molar-refractivity contribution in [2.24, 2.45) is 5.92 Å². The lowest BCUT2D eigenvalue weighted by Crippen LogP contribution is -2.51. The van der Waals surface area contributed by atoms with Crippen LogP contribution in [0.1, 0.15) is 67.0 Å². The number of amides is 4. The highest BCUT2D eigenvalue weighted by molar-refractivity contribution is 6.04. The van der Waals surface area contributed by atoms with Crippen molar-refractivity contribution in [3.63, 3.8) is 0 Å². The Morgan fingerprint density at radius 3 is 2.11 bits per heavy atom. The van der Waals surface area contributed by atoms with Crippen molar-refractivity contribution in [3.8, 4) is 0 Å². The highest BCUT2D eigenvalue weighted by Gasteiger charge is 2.49. The molecule has 250 valence electrons. The minimum Gasteiger partial charge on any atom is -0.433 e. The normalized spacial score (nSPS) is 20.9. The summed E-state index contributed by atoms with van der Waals surface area (Å²) in [5.41, 5.74) is -3.92. The Balaban J connectivity index is 1.63. The first-order chi connectivity index (χ1) is 21.1. The molecule has 4 amide bonds. The van der Waals surface area contributed by atoms with E-state index in [0.717, 1.165) is 4.90 Å². The van der Waals surface area contributed by atoms with Crippen molar-refractivity contribution in [2.45, 2.75) is 64.0 Å². The van der Waals surface area contributed by atoms with Crippen LogP contribution in [0.4, 0.5) is 35.5 Å². The summed E-state index contributed by atoms with van der Waals surface area (Å²) < 4.78 is 100. The van der Waals surface area contributed by atoms with Gasteiger partial charge in [0.25, 0.3) is 5.91 Å². The highest BCUT2D eigenvalue weighted by atomic mass is 19.4. The molecule has 0 aliphatic carbocycles. The van der Waals surface area contributed by atoms with E-state index in [1.54, 1.807) is 6.92 Å². The highest BCUT2D eigenvalue weighted by Crippen LogP contribution is 2.40. The molecule has 0 bridgehead atoms. The molecule has 15 heteroatoms. The number of halogens is 7. The van der Waals surface area contributed by atoms with Crippen LogP contribution in [0.3, 0.4) is 0 Å². The van der Waals surface area contributed by atoms with Crippen LogP contribution in [0.25, 0.3) is 0 Å². The number of cyclic esters (lactones) is 1. The molecule has 2 fully saturated rings. The van der Waals surface area contributed by atoms with Crippen molar-refractivity contribution in [1.82, 2.24) is 14.7 Å². The molecule has 2 saturated heterocycles. The second-order valence-electron chi connectivity index (χ2n) is 12.1. The Labute approximate surface area is 260 Å². The topological polar surface area (TPSA) is 87.2 Å². The van der Waals surface area contributed by atoms with Gasteiger partial charge >= 0.3 is 18.4 Å². The molecule has 2 aliphatic rings. The van der Waals surface area contributed by atoms with E-state index in [1.165, 1.54) is 50.9 Å². The zero-order valence-corrected chi connectivity index (χ0v) is 25.6. The molecular weight excluding hydrogens is 627 g/mol. The Kier molecular flexibility index (Phi) is 9.21. The summed E-state index contributed by atoms with van der Waals surface area (Å²) in [4.78, 5) is 55.1. The van der Waals surface area contributed by atoms with E-state index in [-0.39, 0.29) is 31.1 Å². The van der Waals surface area contributed by atoms with Crippen LogP contribution in [0, 0.1) is 18.7 Å². The van der Waals surface area contributed by atoms with Gasteiger partial charge in [-0.25, -0.2) is 14.1 Å². The number of carbonyl (C=O) groups excluding carboxylic acids is 4. The first-order valence-corrected chi connectivity index (χ1v) is 14.3. The number of rotatable bonds is 6. The average molecular weight is 660 g/mol. The van der Waals surface area contributed by atoms with Gasteiger partial charge in [-0.05, 0) is 81.1 Å². The van der Waals surface area contributed by atoms with Gasteiger partial charge in [0, 0.05) is 32.0 Å². The number of alkyl halides is 6. The zero-order chi connectivity index (χ0) is 34.5. The van der Waals surface area contributed by atoms with Gasteiger partial charge in [-0.15, -0.1) is 0 Å². The van der Waals surface area contributed by atoms with Gasteiger partial charge in [0.05, 0.1) is 17.2 Å². The smallest absolute Gasteiger partial charge is 0.418 e. The van der Waals surface area contributed by atoms with Crippen LogP contribution >= 0.6 is 0 Å². The number of nitrogens with zero attached hydrogens (tertiary/aromatic N) is 3. The van der Waals surface area contributed by atoms with Crippen molar-refractivity contribution in [3.05, 3.63) is 70.0 Å². The zero-order valence-electron chi connectivity index (χ0n) is 25.6. The molecule has 2 aliphatic heterocycles. The fraction of sp³-hybridized carbons (Fsp3) is 0.484. The first kappa shape index (κ1) is 34.7. The maximum Gasteiger partial charge on any atom is 0.418 e. The molecule has 4 rings (SSSR count). The third kappa shape index (κ3) is 6.97. The summed E-state index contributed by atoms with van der Waals surface area (Å²) >= 11 is 0. The van der Waals surface area contributed by atoms with Crippen molar-refractivity contribution < 1.29 is 54.6 Å². The maximum atomic E-state index is 14.0. The number of aryl methyl sites for hydroxylation is 1. The first-order valence-electron chi connectivity index (χ1n) is 14.3. The van der Waals surface area contributed by atoms with Gasteiger partial charge < -0.3 is 14.5 Å². The SMILES string of the molecule is Cc1cc(F)ccc1C1CN(C(=O)CN2C(=O)OC(C)(C)C2=O)CCC1C(=O)N(C)[C@@H](C)c1cc(C(F)(F)F)cc(C(F)(F)F)c1. The second kappa shape index (κ2) is 12.2.